The molecule has 0 aromatic rings. The van der Waals surface area contributed by atoms with Gasteiger partial charge in [-0.2, -0.15) is 0 Å². The number of nitrogens with zero attached hydrogens (tertiary/aromatic N) is 1. The van der Waals surface area contributed by atoms with Crippen molar-refractivity contribution < 1.29 is 9.53 Å². The maximum Gasteiger partial charge on any atom is 0.225 e. The minimum Gasteiger partial charge on any atom is -0.379 e. The topological polar surface area (TPSA) is 55.6 Å². The summed E-state index contributed by atoms with van der Waals surface area (Å²) in [6, 6.07) is 0.232. The molecule has 0 aromatic heterocycles. The molecule has 1 aliphatic carbocycles. The van der Waals surface area contributed by atoms with Gasteiger partial charge in [-0.05, 0) is 38.5 Å². The number of hydrogen-bond donors (Lipinski definition) is 1. The van der Waals surface area contributed by atoms with Crippen molar-refractivity contribution in [2.75, 3.05) is 26.8 Å². The molecule has 112 valence electrons. The van der Waals surface area contributed by atoms with Crippen LogP contribution >= 0.6 is 0 Å². The summed E-state index contributed by atoms with van der Waals surface area (Å²) < 4.78 is 5.56. The van der Waals surface area contributed by atoms with E-state index in [0.717, 1.165) is 31.8 Å². The van der Waals surface area contributed by atoms with Crippen LogP contribution in [0.25, 0.3) is 0 Å². The van der Waals surface area contributed by atoms with Gasteiger partial charge in [0, 0.05) is 32.2 Å². The molecule has 1 rings (SSSR count). The smallest absolute Gasteiger partial charge is 0.225 e. The first-order valence-corrected chi connectivity index (χ1v) is 7.59. The van der Waals surface area contributed by atoms with Gasteiger partial charge in [0.05, 0.1) is 6.61 Å². The van der Waals surface area contributed by atoms with Gasteiger partial charge in [0.15, 0.2) is 0 Å². The van der Waals surface area contributed by atoms with E-state index in [0.29, 0.717) is 13.2 Å². The lowest BCUT2D eigenvalue weighted by Crippen LogP contribution is -2.34. The Bertz CT molecular complexity index is 265. The monoisotopic (exact) mass is 270 g/mol. The number of hydrogen-bond acceptors (Lipinski definition) is 3. The molecule has 0 heterocycles. The molecule has 2 atom stereocenters. The second kappa shape index (κ2) is 8.54. The minimum absolute atomic E-state index is 0.0900. The van der Waals surface area contributed by atoms with Crippen LogP contribution < -0.4 is 5.73 Å². The SMILES string of the molecule is CC(N)CCCC(C)C(=O)N(C)CCOCC1CC1. The number of carbonyl (C=O) groups excluding carboxylic acids is 1. The molecule has 2 N–H and O–H groups in total. The third-order valence-electron chi connectivity index (χ3n) is 3.72. The average molecular weight is 270 g/mol. The van der Waals surface area contributed by atoms with E-state index in [9.17, 15) is 4.79 Å². The summed E-state index contributed by atoms with van der Waals surface area (Å²) in [4.78, 5) is 13.9. The van der Waals surface area contributed by atoms with Gasteiger partial charge >= 0.3 is 0 Å². The van der Waals surface area contributed by atoms with Crippen LogP contribution in [0.15, 0.2) is 0 Å². The number of ether oxygens (including phenoxy) is 1. The molecule has 0 aromatic carbocycles. The number of amides is 1. The van der Waals surface area contributed by atoms with Crippen LogP contribution in [0.3, 0.4) is 0 Å². The Hall–Kier alpha value is -0.610. The van der Waals surface area contributed by atoms with Crippen LogP contribution in [0.4, 0.5) is 0 Å². The number of carbonyl (C=O) groups is 1. The first-order valence-electron chi connectivity index (χ1n) is 7.59. The van der Waals surface area contributed by atoms with Gasteiger partial charge in [0.2, 0.25) is 5.91 Å². The lowest BCUT2D eigenvalue weighted by molar-refractivity contribution is -0.134. The summed E-state index contributed by atoms with van der Waals surface area (Å²) in [7, 11) is 1.87. The fourth-order valence-corrected chi connectivity index (χ4v) is 2.09. The first kappa shape index (κ1) is 16.4. The normalized spacial score (nSPS) is 18.1. The van der Waals surface area contributed by atoms with Gasteiger partial charge in [0.25, 0.3) is 0 Å². The van der Waals surface area contributed by atoms with Crippen molar-refractivity contribution in [2.45, 2.75) is 52.0 Å². The summed E-state index contributed by atoms with van der Waals surface area (Å²) in [5, 5.41) is 0. The maximum atomic E-state index is 12.1. The Balaban J connectivity index is 2.07. The molecule has 4 heteroatoms. The highest BCUT2D eigenvalue weighted by Crippen LogP contribution is 2.28. The van der Waals surface area contributed by atoms with Crippen LogP contribution in [0.1, 0.15) is 46.0 Å². The molecule has 19 heavy (non-hydrogen) atoms. The molecule has 0 saturated heterocycles. The molecular formula is C15H30N2O2. The van der Waals surface area contributed by atoms with Crippen LogP contribution in [0.5, 0.6) is 0 Å². The number of nitrogens with two attached hydrogens (primary N) is 1. The molecule has 0 radical (unpaired) electrons. The van der Waals surface area contributed by atoms with Crippen molar-refractivity contribution in [2.24, 2.45) is 17.6 Å². The zero-order valence-electron chi connectivity index (χ0n) is 12.7. The van der Waals surface area contributed by atoms with Gasteiger partial charge < -0.3 is 15.4 Å². The third kappa shape index (κ3) is 7.53. The maximum absolute atomic E-state index is 12.1. The quantitative estimate of drug-likeness (QED) is 0.618. The van der Waals surface area contributed by atoms with Crippen LogP contribution in [0, 0.1) is 11.8 Å². The van der Waals surface area contributed by atoms with Gasteiger partial charge in [-0.3, -0.25) is 4.79 Å². The Kier molecular flexibility index (Phi) is 7.39. The molecule has 1 fully saturated rings. The van der Waals surface area contributed by atoms with Crippen LogP contribution in [0.2, 0.25) is 0 Å². The molecule has 2 unspecified atom stereocenters. The molecule has 0 aliphatic heterocycles. The lowest BCUT2D eigenvalue weighted by Gasteiger charge is -2.21. The Labute approximate surface area is 117 Å². The highest BCUT2D eigenvalue weighted by Gasteiger charge is 2.21. The predicted molar refractivity (Wildman–Crippen MR) is 77.8 cm³/mol. The Morgan fingerprint density at radius 2 is 2.05 bits per heavy atom. The standard InChI is InChI=1S/C15H30N2O2/c1-12(5-4-6-13(2)16)15(18)17(3)9-10-19-11-14-7-8-14/h12-14H,4-11,16H2,1-3H3. The van der Waals surface area contributed by atoms with Crippen molar-refractivity contribution in [1.29, 1.82) is 0 Å². The highest BCUT2D eigenvalue weighted by molar-refractivity contribution is 5.78. The van der Waals surface area contributed by atoms with Crippen LogP contribution in [-0.2, 0) is 9.53 Å². The molecule has 1 aliphatic rings. The van der Waals surface area contributed by atoms with Crippen molar-refractivity contribution in [1.82, 2.24) is 4.90 Å². The minimum atomic E-state index is 0.0900. The van der Waals surface area contributed by atoms with Crippen LogP contribution in [-0.4, -0.2) is 43.7 Å². The van der Waals surface area contributed by atoms with Gasteiger partial charge in [-0.1, -0.05) is 13.3 Å². The van der Waals surface area contributed by atoms with E-state index >= 15 is 0 Å². The Morgan fingerprint density at radius 1 is 1.37 bits per heavy atom. The summed E-state index contributed by atoms with van der Waals surface area (Å²) in [5.41, 5.74) is 5.71. The van der Waals surface area contributed by atoms with E-state index in [1.165, 1.54) is 12.8 Å². The third-order valence-corrected chi connectivity index (χ3v) is 3.72. The summed E-state index contributed by atoms with van der Waals surface area (Å²) in [5.74, 6) is 1.10. The molecule has 0 bridgehead atoms. The van der Waals surface area contributed by atoms with E-state index in [1.807, 2.05) is 20.9 Å². The fraction of sp³-hybridized carbons (Fsp3) is 0.933. The lowest BCUT2D eigenvalue weighted by atomic mass is 10.0. The molecule has 1 saturated carbocycles. The zero-order valence-corrected chi connectivity index (χ0v) is 12.7. The van der Waals surface area contributed by atoms with E-state index in [4.69, 9.17) is 10.5 Å². The van der Waals surface area contributed by atoms with Crippen molar-refractivity contribution in [3.8, 4) is 0 Å². The van der Waals surface area contributed by atoms with E-state index in [1.54, 1.807) is 4.90 Å². The van der Waals surface area contributed by atoms with E-state index < -0.39 is 0 Å². The summed E-state index contributed by atoms with van der Waals surface area (Å²) >= 11 is 0. The highest BCUT2D eigenvalue weighted by atomic mass is 16.5. The summed E-state index contributed by atoms with van der Waals surface area (Å²) in [6.07, 6.45) is 5.56. The summed E-state index contributed by atoms with van der Waals surface area (Å²) in [6.45, 7) is 6.24. The predicted octanol–water partition coefficient (Wildman–Crippen LogP) is 2.02. The van der Waals surface area contributed by atoms with Gasteiger partial charge in [0.1, 0.15) is 0 Å². The van der Waals surface area contributed by atoms with Crippen molar-refractivity contribution in [3.63, 3.8) is 0 Å². The molecule has 4 nitrogen and oxygen atoms in total. The van der Waals surface area contributed by atoms with E-state index in [2.05, 4.69) is 0 Å². The molecule has 0 spiro atoms. The second-order valence-electron chi connectivity index (χ2n) is 6.09. The van der Waals surface area contributed by atoms with Crippen molar-refractivity contribution in [3.05, 3.63) is 0 Å². The van der Waals surface area contributed by atoms with Gasteiger partial charge in [-0.25, -0.2) is 0 Å². The fourth-order valence-electron chi connectivity index (χ4n) is 2.09. The molecular weight excluding hydrogens is 240 g/mol. The largest absolute Gasteiger partial charge is 0.379 e. The molecule has 1 amide bonds. The zero-order chi connectivity index (χ0) is 14.3. The van der Waals surface area contributed by atoms with E-state index in [-0.39, 0.29) is 17.9 Å². The Morgan fingerprint density at radius 3 is 2.63 bits per heavy atom. The second-order valence-corrected chi connectivity index (χ2v) is 6.09. The van der Waals surface area contributed by atoms with Crippen molar-refractivity contribution >= 4 is 5.91 Å². The number of rotatable bonds is 10. The first-order chi connectivity index (χ1) is 9.00. The van der Waals surface area contributed by atoms with Gasteiger partial charge in [-0.15, -0.1) is 0 Å². The number of likely N-dealkylation sites (N-methyl/N-ethyl adjacent to an activating group) is 1. The average Bonchev–Trinajstić information content (AvgIpc) is 3.16.